The minimum atomic E-state index is -3.60. The van der Waals surface area contributed by atoms with E-state index < -0.39 is 10.0 Å². The molecule has 6 nitrogen and oxygen atoms in total. The summed E-state index contributed by atoms with van der Waals surface area (Å²) < 4.78 is 37.8. The summed E-state index contributed by atoms with van der Waals surface area (Å²) in [6.45, 7) is 10.0. The van der Waals surface area contributed by atoms with E-state index in [9.17, 15) is 8.42 Å². The molecule has 0 radical (unpaired) electrons. The Labute approximate surface area is 139 Å². The predicted molar refractivity (Wildman–Crippen MR) is 91.5 cm³/mol. The van der Waals surface area contributed by atoms with Gasteiger partial charge in [0, 0.05) is 13.1 Å². The van der Waals surface area contributed by atoms with Crippen molar-refractivity contribution in [2.75, 3.05) is 46.5 Å². The Balaban J connectivity index is 2.46. The van der Waals surface area contributed by atoms with Crippen LogP contribution in [0.25, 0.3) is 0 Å². The maximum Gasteiger partial charge on any atom is 0.244 e. The van der Waals surface area contributed by atoms with Crippen molar-refractivity contribution in [2.24, 2.45) is 0 Å². The van der Waals surface area contributed by atoms with Crippen LogP contribution in [0, 0.1) is 6.92 Å². The third-order valence-corrected chi connectivity index (χ3v) is 5.08. The first-order valence-corrected chi connectivity index (χ1v) is 9.37. The average molecular weight is 344 g/mol. The quantitative estimate of drug-likeness (QED) is 0.618. The van der Waals surface area contributed by atoms with Crippen LogP contribution in [0.3, 0.4) is 0 Å². The number of rotatable bonds is 11. The number of sulfonamides is 1. The fraction of sp³-hybridized carbons (Fsp3) is 0.625. The molecule has 0 amide bonds. The topological polar surface area (TPSA) is 67.9 Å². The highest BCUT2D eigenvalue weighted by Gasteiger charge is 2.19. The van der Waals surface area contributed by atoms with Crippen LogP contribution in [0.15, 0.2) is 23.1 Å². The van der Waals surface area contributed by atoms with E-state index in [1.807, 2.05) is 13.0 Å². The summed E-state index contributed by atoms with van der Waals surface area (Å²) in [7, 11) is -2.15. The zero-order valence-corrected chi connectivity index (χ0v) is 15.3. The molecule has 1 N–H and O–H groups in total. The number of aryl methyl sites for hydroxylation is 1. The molecule has 0 aromatic heterocycles. The number of hydrogen-bond acceptors (Lipinski definition) is 5. The van der Waals surface area contributed by atoms with E-state index in [2.05, 4.69) is 23.5 Å². The average Bonchev–Trinajstić information content (AvgIpc) is 2.54. The Hall–Kier alpha value is -1.15. The lowest BCUT2D eigenvalue weighted by molar-refractivity contribution is 0.111. The number of hydrogen-bond donors (Lipinski definition) is 1. The first kappa shape index (κ1) is 19.9. The van der Waals surface area contributed by atoms with Crippen molar-refractivity contribution in [3.63, 3.8) is 0 Å². The molecular weight excluding hydrogens is 316 g/mol. The standard InChI is InChI=1S/C16H28N2O4S/c1-5-18(6-2)10-12-22-11-9-17-23(19,20)16-13-14(3)7-8-15(16)21-4/h7-8,13,17H,5-6,9-12H2,1-4H3. The lowest BCUT2D eigenvalue weighted by atomic mass is 10.2. The lowest BCUT2D eigenvalue weighted by Gasteiger charge is -2.17. The number of nitrogens with zero attached hydrogens (tertiary/aromatic N) is 1. The number of benzene rings is 1. The van der Waals surface area contributed by atoms with Crippen molar-refractivity contribution >= 4 is 10.0 Å². The molecule has 0 heterocycles. The van der Waals surface area contributed by atoms with Crippen LogP contribution in [0.4, 0.5) is 0 Å². The van der Waals surface area contributed by atoms with Gasteiger partial charge in [-0.3, -0.25) is 0 Å². The molecule has 0 aliphatic carbocycles. The molecule has 7 heteroatoms. The van der Waals surface area contributed by atoms with Gasteiger partial charge in [0.1, 0.15) is 10.6 Å². The summed E-state index contributed by atoms with van der Waals surface area (Å²) in [4.78, 5) is 2.41. The fourth-order valence-electron chi connectivity index (χ4n) is 2.16. The Morgan fingerprint density at radius 2 is 1.87 bits per heavy atom. The molecule has 1 aromatic carbocycles. The maximum absolute atomic E-state index is 12.3. The summed E-state index contributed by atoms with van der Waals surface area (Å²) in [5, 5.41) is 0. The van der Waals surface area contributed by atoms with Gasteiger partial charge >= 0.3 is 0 Å². The highest BCUT2D eigenvalue weighted by Crippen LogP contribution is 2.24. The second kappa shape index (κ2) is 9.87. The molecule has 0 bridgehead atoms. The first-order chi connectivity index (χ1) is 10.9. The van der Waals surface area contributed by atoms with Crippen LogP contribution in [0.5, 0.6) is 5.75 Å². The van der Waals surface area contributed by atoms with Crippen LogP contribution in [0.1, 0.15) is 19.4 Å². The molecule has 0 saturated heterocycles. The lowest BCUT2D eigenvalue weighted by Crippen LogP contribution is -2.30. The van der Waals surface area contributed by atoms with Gasteiger partial charge in [0.15, 0.2) is 0 Å². The molecule has 0 aliphatic rings. The summed E-state index contributed by atoms with van der Waals surface area (Å²) in [5.74, 6) is 0.338. The van der Waals surface area contributed by atoms with Gasteiger partial charge in [-0.05, 0) is 37.7 Å². The molecule has 0 atom stereocenters. The van der Waals surface area contributed by atoms with E-state index in [-0.39, 0.29) is 11.4 Å². The van der Waals surface area contributed by atoms with Gasteiger partial charge < -0.3 is 14.4 Å². The van der Waals surface area contributed by atoms with Crippen LogP contribution in [-0.2, 0) is 14.8 Å². The van der Waals surface area contributed by atoms with E-state index >= 15 is 0 Å². The van der Waals surface area contributed by atoms with Crippen LogP contribution in [0.2, 0.25) is 0 Å². The first-order valence-electron chi connectivity index (χ1n) is 7.89. The second-order valence-electron chi connectivity index (χ2n) is 5.19. The van der Waals surface area contributed by atoms with E-state index in [4.69, 9.17) is 9.47 Å². The van der Waals surface area contributed by atoms with Gasteiger partial charge in [-0.1, -0.05) is 19.9 Å². The maximum atomic E-state index is 12.3. The van der Waals surface area contributed by atoms with Gasteiger partial charge in [-0.25, -0.2) is 13.1 Å². The molecule has 0 fully saturated rings. The van der Waals surface area contributed by atoms with Crippen molar-refractivity contribution in [1.82, 2.24) is 9.62 Å². The number of methoxy groups -OCH3 is 1. The van der Waals surface area contributed by atoms with E-state index in [0.717, 1.165) is 25.2 Å². The molecular formula is C16H28N2O4S. The summed E-state index contributed by atoms with van der Waals surface area (Å²) in [6, 6.07) is 5.07. The Bertz CT molecular complexity index is 571. The smallest absolute Gasteiger partial charge is 0.244 e. The summed E-state index contributed by atoms with van der Waals surface area (Å²) >= 11 is 0. The van der Waals surface area contributed by atoms with Crippen molar-refractivity contribution < 1.29 is 17.9 Å². The minimum Gasteiger partial charge on any atom is -0.495 e. The predicted octanol–water partition coefficient (Wildman–Crippen LogP) is 1.64. The highest BCUT2D eigenvalue weighted by molar-refractivity contribution is 7.89. The molecule has 1 rings (SSSR count). The number of likely N-dealkylation sites (N-methyl/N-ethyl adjacent to an activating group) is 1. The second-order valence-corrected chi connectivity index (χ2v) is 6.93. The molecule has 0 unspecified atom stereocenters. The van der Waals surface area contributed by atoms with Gasteiger partial charge in [-0.2, -0.15) is 0 Å². The van der Waals surface area contributed by atoms with Gasteiger partial charge in [0.25, 0.3) is 0 Å². The Morgan fingerprint density at radius 3 is 2.48 bits per heavy atom. The summed E-state index contributed by atoms with van der Waals surface area (Å²) in [5.41, 5.74) is 0.863. The third kappa shape index (κ3) is 6.47. The Morgan fingerprint density at radius 1 is 1.17 bits per heavy atom. The zero-order valence-electron chi connectivity index (χ0n) is 14.5. The molecule has 0 spiro atoms. The van der Waals surface area contributed by atoms with Gasteiger partial charge in [0.2, 0.25) is 10.0 Å². The molecule has 0 saturated carbocycles. The third-order valence-electron chi connectivity index (χ3n) is 3.59. The minimum absolute atomic E-state index is 0.156. The largest absolute Gasteiger partial charge is 0.495 e. The molecule has 132 valence electrons. The number of ether oxygens (including phenoxy) is 2. The zero-order chi connectivity index (χ0) is 17.3. The van der Waals surface area contributed by atoms with Crippen LogP contribution in [-0.4, -0.2) is 59.8 Å². The fourth-order valence-corrected chi connectivity index (χ4v) is 3.42. The van der Waals surface area contributed by atoms with E-state index in [1.165, 1.54) is 7.11 Å². The highest BCUT2D eigenvalue weighted by atomic mass is 32.2. The molecule has 0 aliphatic heterocycles. The van der Waals surface area contributed by atoms with E-state index in [1.54, 1.807) is 12.1 Å². The Kier molecular flexibility index (Phi) is 8.54. The molecule has 1 aromatic rings. The van der Waals surface area contributed by atoms with Crippen LogP contribution < -0.4 is 9.46 Å². The van der Waals surface area contributed by atoms with Crippen molar-refractivity contribution in [3.05, 3.63) is 23.8 Å². The molecule has 23 heavy (non-hydrogen) atoms. The summed E-state index contributed by atoms with van der Waals surface area (Å²) in [6.07, 6.45) is 0. The SMILES string of the molecule is CCN(CC)CCOCCNS(=O)(=O)c1cc(C)ccc1OC. The van der Waals surface area contributed by atoms with Gasteiger partial charge in [-0.15, -0.1) is 0 Å². The van der Waals surface area contributed by atoms with E-state index in [0.29, 0.717) is 19.0 Å². The normalized spacial score (nSPS) is 11.9. The van der Waals surface area contributed by atoms with Crippen LogP contribution >= 0.6 is 0 Å². The monoisotopic (exact) mass is 344 g/mol. The van der Waals surface area contributed by atoms with Crippen molar-refractivity contribution in [3.8, 4) is 5.75 Å². The van der Waals surface area contributed by atoms with Crippen molar-refractivity contribution in [2.45, 2.75) is 25.7 Å². The van der Waals surface area contributed by atoms with Gasteiger partial charge in [0.05, 0.1) is 20.3 Å². The number of nitrogens with one attached hydrogen (secondary N) is 1. The van der Waals surface area contributed by atoms with Crippen molar-refractivity contribution in [1.29, 1.82) is 0 Å².